The van der Waals surface area contributed by atoms with Crippen LogP contribution >= 0.6 is 11.6 Å². The van der Waals surface area contributed by atoms with Gasteiger partial charge in [0, 0.05) is 17.1 Å². The second kappa shape index (κ2) is 6.62. The summed E-state index contributed by atoms with van der Waals surface area (Å²) in [6, 6.07) is 7.90. The van der Waals surface area contributed by atoms with Crippen molar-refractivity contribution in [2.75, 3.05) is 7.11 Å². The number of rotatable bonds is 5. The van der Waals surface area contributed by atoms with E-state index >= 15 is 0 Å². The van der Waals surface area contributed by atoms with Crippen LogP contribution in [0.5, 0.6) is 0 Å². The highest BCUT2D eigenvalue weighted by Gasteiger charge is 2.13. The molecule has 0 aliphatic heterocycles. The van der Waals surface area contributed by atoms with Gasteiger partial charge in [0.1, 0.15) is 0 Å². The number of esters is 1. The molecular formula is C13H18ClNO2. The summed E-state index contributed by atoms with van der Waals surface area (Å²) in [5.41, 5.74) is 1.11. The Morgan fingerprint density at radius 2 is 2.18 bits per heavy atom. The molecule has 0 radical (unpaired) electrons. The molecule has 0 saturated carbocycles. The predicted molar refractivity (Wildman–Crippen MR) is 69.1 cm³/mol. The van der Waals surface area contributed by atoms with Crippen LogP contribution in [0.15, 0.2) is 24.3 Å². The zero-order valence-electron chi connectivity index (χ0n) is 10.4. The van der Waals surface area contributed by atoms with Gasteiger partial charge in [0.2, 0.25) is 0 Å². The van der Waals surface area contributed by atoms with Crippen molar-refractivity contribution in [3.8, 4) is 0 Å². The van der Waals surface area contributed by atoms with E-state index < -0.39 is 0 Å². The Bertz CT molecular complexity index is 381. The van der Waals surface area contributed by atoms with Crippen molar-refractivity contribution in [1.29, 1.82) is 0 Å². The number of hydrogen-bond donors (Lipinski definition) is 1. The monoisotopic (exact) mass is 255 g/mol. The van der Waals surface area contributed by atoms with Gasteiger partial charge in [-0.1, -0.05) is 23.7 Å². The molecule has 0 aromatic heterocycles. The summed E-state index contributed by atoms with van der Waals surface area (Å²) in [7, 11) is 1.40. The first-order valence-electron chi connectivity index (χ1n) is 5.61. The van der Waals surface area contributed by atoms with Crippen LogP contribution in [0, 0.1) is 0 Å². The topological polar surface area (TPSA) is 38.3 Å². The number of ether oxygens (including phenoxy) is 1. The van der Waals surface area contributed by atoms with Crippen LogP contribution in [-0.4, -0.2) is 19.1 Å². The fourth-order valence-electron chi connectivity index (χ4n) is 1.69. The molecule has 1 aromatic carbocycles. The largest absolute Gasteiger partial charge is 0.469 e. The molecule has 0 saturated heterocycles. The van der Waals surface area contributed by atoms with Crippen molar-refractivity contribution < 1.29 is 9.53 Å². The van der Waals surface area contributed by atoms with E-state index in [2.05, 4.69) is 10.1 Å². The fourth-order valence-corrected chi connectivity index (χ4v) is 1.89. The Morgan fingerprint density at radius 1 is 1.47 bits per heavy atom. The first kappa shape index (κ1) is 14.0. The number of methoxy groups -OCH3 is 1. The molecule has 0 aliphatic rings. The predicted octanol–water partition coefficient (Wildman–Crippen LogP) is 2.94. The van der Waals surface area contributed by atoms with Crippen molar-refractivity contribution in [3.05, 3.63) is 34.9 Å². The van der Waals surface area contributed by atoms with E-state index in [4.69, 9.17) is 11.6 Å². The van der Waals surface area contributed by atoms with Crippen LogP contribution in [0.25, 0.3) is 0 Å². The molecule has 1 unspecified atom stereocenters. The highest BCUT2D eigenvalue weighted by atomic mass is 35.5. The van der Waals surface area contributed by atoms with Crippen LogP contribution < -0.4 is 5.32 Å². The number of hydrogen-bond acceptors (Lipinski definition) is 3. The van der Waals surface area contributed by atoms with Gasteiger partial charge in [-0.2, -0.15) is 0 Å². The maximum Gasteiger partial charge on any atom is 0.307 e. The van der Waals surface area contributed by atoms with Crippen LogP contribution in [0.1, 0.15) is 31.9 Å². The van der Waals surface area contributed by atoms with Crippen molar-refractivity contribution >= 4 is 17.6 Å². The molecule has 4 heteroatoms. The van der Waals surface area contributed by atoms with Crippen LogP contribution in [-0.2, 0) is 9.53 Å². The Morgan fingerprint density at radius 3 is 2.76 bits per heavy atom. The summed E-state index contributed by atoms with van der Waals surface area (Å²) in [4.78, 5) is 11.1. The second-order valence-corrected chi connectivity index (χ2v) is 4.56. The number of nitrogens with one attached hydrogen (secondary N) is 1. The van der Waals surface area contributed by atoms with Crippen molar-refractivity contribution in [2.45, 2.75) is 32.4 Å². The number of carbonyl (C=O) groups is 1. The van der Waals surface area contributed by atoms with Gasteiger partial charge in [0.05, 0.1) is 13.5 Å². The number of halogens is 1. The zero-order valence-corrected chi connectivity index (χ0v) is 11.1. The third-order valence-corrected chi connectivity index (χ3v) is 2.82. The molecule has 0 aliphatic carbocycles. The second-order valence-electron chi connectivity index (χ2n) is 4.12. The minimum absolute atomic E-state index is 0.0661. The lowest BCUT2D eigenvalue weighted by Crippen LogP contribution is -2.31. The molecule has 1 aromatic rings. The fraction of sp³-hybridized carbons (Fsp3) is 0.462. The standard InChI is InChI=1S/C13H18ClNO2/c1-9(7-13(16)17-3)15-10(2)11-5-4-6-12(14)8-11/h4-6,8-10,15H,7H2,1-3H3/t9?,10-/m1/s1. The lowest BCUT2D eigenvalue weighted by Gasteiger charge is -2.19. The van der Waals surface area contributed by atoms with E-state index in [1.807, 2.05) is 38.1 Å². The van der Waals surface area contributed by atoms with Crippen LogP contribution in [0.3, 0.4) is 0 Å². The van der Waals surface area contributed by atoms with E-state index in [1.54, 1.807) is 0 Å². The molecule has 0 heterocycles. The third-order valence-electron chi connectivity index (χ3n) is 2.58. The Balaban J connectivity index is 2.54. The first-order chi connectivity index (χ1) is 8.02. The average Bonchev–Trinajstić information content (AvgIpc) is 2.28. The Hall–Kier alpha value is -1.06. The molecule has 0 bridgehead atoms. The van der Waals surface area contributed by atoms with Crippen molar-refractivity contribution in [1.82, 2.24) is 5.32 Å². The normalized spacial score (nSPS) is 14.1. The summed E-state index contributed by atoms with van der Waals surface area (Å²) in [6.45, 7) is 4.00. The molecule has 94 valence electrons. The zero-order chi connectivity index (χ0) is 12.8. The molecule has 2 atom stereocenters. The van der Waals surface area contributed by atoms with Gasteiger partial charge in [-0.3, -0.25) is 4.79 Å². The molecule has 1 N–H and O–H groups in total. The minimum Gasteiger partial charge on any atom is -0.469 e. The summed E-state index contributed by atoms with van der Waals surface area (Å²) < 4.78 is 4.63. The third kappa shape index (κ3) is 4.75. The lowest BCUT2D eigenvalue weighted by atomic mass is 10.1. The van der Waals surface area contributed by atoms with E-state index in [1.165, 1.54) is 7.11 Å². The number of benzene rings is 1. The summed E-state index contributed by atoms with van der Waals surface area (Å²) in [5.74, 6) is -0.205. The highest BCUT2D eigenvalue weighted by molar-refractivity contribution is 6.30. The maximum atomic E-state index is 11.1. The summed E-state index contributed by atoms with van der Waals surface area (Å²) in [6.07, 6.45) is 0.363. The Kier molecular flexibility index (Phi) is 5.45. The highest BCUT2D eigenvalue weighted by Crippen LogP contribution is 2.18. The van der Waals surface area contributed by atoms with Crippen LogP contribution in [0.4, 0.5) is 0 Å². The molecule has 1 rings (SSSR count). The SMILES string of the molecule is COC(=O)CC(C)N[C@H](C)c1cccc(Cl)c1. The molecule has 0 spiro atoms. The molecule has 0 fully saturated rings. The minimum atomic E-state index is -0.205. The maximum absolute atomic E-state index is 11.1. The van der Waals surface area contributed by atoms with Gasteiger partial charge in [-0.25, -0.2) is 0 Å². The van der Waals surface area contributed by atoms with Gasteiger partial charge in [-0.15, -0.1) is 0 Å². The van der Waals surface area contributed by atoms with Crippen molar-refractivity contribution in [2.24, 2.45) is 0 Å². The molecular weight excluding hydrogens is 238 g/mol. The van der Waals surface area contributed by atoms with Crippen molar-refractivity contribution in [3.63, 3.8) is 0 Å². The average molecular weight is 256 g/mol. The molecule has 17 heavy (non-hydrogen) atoms. The van der Waals surface area contributed by atoms with Gasteiger partial charge >= 0.3 is 5.97 Å². The molecule has 3 nitrogen and oxygen atoms in total. The van der Waals surface area contributed by atoms with E-state index in [-0.39, 0.29) is 18.1 Å². The summed E-state index contributed by atoms with van der Waals surface area (Å²) >= 11 is 5.93. The lowest BCUT2D eigenvalue weighted by molar-refractivity contribution is -0.141. The van der Waals surface area contributed by atoms with Gasteiger partial charge in [0.15, 0.2) is 0 Å². The quantitative estimate of drug-likeness (QED) is 0.822. The number of carbonyl (C=O) groups excluding carboxylic acids is 1. The van der Waals surface area contributed by atoms with Gasteiger partial charge < -0.3 is 10.1 Å². The van der Waals surface area contributed by atoms with Gasteiger partial charge in [0.25, 0.3) is 0 Å². The van der Waals surface area contributed by atoms with Crippen LogP contribution in [0.2, 0.25) is 5.02 Å². The van der Waals surface area contributed by atoms with E-state index in [0.717, 1.165) is 10.6 Å². The first-order valence-corrected chi connectivity index (χ1v) is 5.99. The van der Waals surface area contributed by atoms with Gasteiger partial charge in [-0.05, 0) is 31.5 Å². The van der Waals surface area contributed by atoms with E-state index in [9.17, 15) is 4.79 Å². The van der Waals surface area contributed by atoms with E-state index in [0.29, 0.717) is 6.42 Å². The smallest absolute Gasteiger partial charge is 0.307 e. The Labute approximate surface area is 107 Å². The summed E-state index contributed by atoms with van der Waals surface area (Å²) in [5, 5.41) is 4.05. The molecule has 0 amide bonds.